The highest BCUT2D eigenvalue weighted by atomic mass is 16.1. The minimum Gasteiger partial charge on any atom is -0.299 e. The third-order valence-corrected chi connectivity index (χ3v) is 5.52. The number of carbonyl (C=O) groups is 1. The Balaban J connectivity index is 1.90. The van der Waals surface area contributed by atoms with Gasteiger partial charge >= 0.3 is 0 Å². The molecule has 0 unspecified atom stereocenters. The molecule has 2 aromatic rings. The number of rotatable bonds is 3. The van der Waals surface area contributed by atoms with Crippen LogP contribution in [0.15, 0.2) is 24.3 Å². The lowest BCUT2D eigenvalue weighted by molar-refractivity contribution is -0.120. The summed E-state index contributed by atoms with van der Waals surface area (Å²) in [7, 11) is 1.93. The maximum atomic E-state index is 12.6. The lowest BCUT2D eigenvalue weighted by Crippen LogP contribution is -2.11. The van der Waals surface area contributed by atoms with E-state index in [0.717, 1.165) is 16.6 Å². The standard InChI is InChI=1S/C17H22N2O/c1-16(2)15(17(16,3)4)14(20)10-12-11-8-6-7-9-13(11)19(5)18-12/h6-9,15H,10H2,1-5H3. The van der Waals surface area contributed by atoms with Crippen molar-refractivity contribution in [1.82, 2.24) is 9.78 Å². The fourth-order valence-corrected chi connectivity index (χ4v) is 3.69. The lowest BCUT2D eigenvalue weighted by atomic mass is 10.0. The number of benzene rings is 1. The number of aromatic nitrogens is 2. The highest BCUT2D eigenvalue weighted by Gasteiger charge is 2.67. The van der Waals surface area contributed by atoms with Crippen molar-refractivity contribution < 1.29 is 4.79 Å². The molecule has 0 aliphatic heterocycles. The Labute approximate surface area is 120 Å². The van der Waals surface area contributed by atoms with Gasteiger partial charge in [0.2, 0.25) is 0 Å². The van der Waals surface area contributed by atoms with Gasteiger partial charge in [-0.1, -0.05) is 45.9 Å². The lowest BCUT2D eigenvalue weighted by Gasteiger charge is -2.03. The molecule has 3 nitrogen and oxygen atoms in total. The Hall–Kier alpha value is -1.64. The molecule has 0 atom stereocenters. The number of hydrogen-bond acceptors (Lipinski definition) is 2. The monoisotopic (exact) mass is 270 g/mol. The van der Waals surface area contributed by atoms with Gasteiger partial charge in [0.25, 0.3) is 0 Å². The minimum atomic E-state index is 0.106. The minimum absolute atomic E-state index is 0.106. The largest absolute Gasteiger partial charge is 0.299 e. The van der Waals surface area contributed by atoms with Crippen LogP contribution in [0, 0.1) is 16.7 Å². The van der Waals surface area contributed by atoms with Gasteiger partial charge in [-0.3, -0.25) is 9.48 Å². The van der Waals surface area contributed by atoms with E-state index in [2.05, 4.69) is 32.8 Å². The molecule has 0 spiro atoms. The van der Waals surface area contributed by atoms with Crippen molar-refractivity contribution in [3.63, 3.8) is 0 Å². The molecule has 1 aromatic heterocycles. The Kier molecular flexibility index (Phi) is 2.63. The van der Waals surface area contributed by atoms with E-state index >= 15 is 0 Å². The van der Waals surface area contributed by atoms with Gasteiger partial charge in [-0.25, -0.2) is 0 Å². The van der Waals surface area contributed by atoms with E-state index in [1.54, 1.807) is 0 Å². The molecule has 0 N–H and O–H groups in total. The molecular weight excluding hydrogens is 248 g/mol. The van der Waals surface area contributed by atoms with Gasteiger partial charge in [0.05, 0.1) is 17.6 Å². The number of para-hydroxylation sites is 1. The Morgan fingerprint density at radius 1 is 1.20 bits per heavy atom. The van der Waals surface area contributed by atoms with Crippen LogP contribution in [-0.2, 0) is 18.3 Å². The molecule has 1 aromatic carbocycles. The van der Waals surface area contributed by atoms with Crippen molar-refractivity contribution in [1.29, 1.82) is 0 Å². The zero-order chi connectivity index (χ0) is 14.7. The molecule has 20 heavy (non-hydrogen) atoms. The molecular formula is C17H22N2O. The second kappa shape index (κ2) is 3.94. The van der Waals surface area contributed by atoms with Gasteiger partial charge in [-0.2, -0.15) is 5.10 Å². The molecule has 3 heteroatoms. The summed E-state index contributed by atoms with van der Waals surface area (Å²) in [6.07, 6.45) is 0.443. The fraction of sp³-hybridized carbons (Fsp3) is 0.529. The van der Waals surface area contributed by atoms with Crippen LogP contribution in [0.1, 0.15) is 33.4 Å². The van der Waals surface area contributed by atoms with E-state index in [9.17, 15) is 4.79 Å². The maximum Gasteiger partial charge on any atom is 0.143 e. The maximum absolute atomic E-state index is 12.6. The van der Waals surface area contributed by atoms with Crippen molar-refractivity contribution in [2.24, 2.45) is 23.8 Å². The van der Waals surface area contributed by atoms with Crippen LogP contribution in [0.2, 0.25) is 0 Å². The highest BCUT2D eigenvalue weighted by molar-refractivity contribution is 5.92. The van der Waals surface area contributed by atoms with Crippen LogP contribution in [0.4, 0.5) is 0 Å². The van der Waals surface area contributed by atoms with Crippen molar-refractivity contribution in [2.45, 2.75) is 34.1 Å². The van der Waals surface area contributed by atoms with Gasteiger partial charge in [0, 0.05) is 18.4 Å². The summed E-state index contributed by atoms with van der Waals surface area (Å²) in [6.45, 7) is 8.75. The van der Waals surface area contributed by atoms with Crippen molar-refractivity contribution in [3.05, 3.63) is 30.0 Å². The highest BCUT2D eigenvalue weighted by Crippen LogP contribution is 2.68. The van der Waals surface area contributed by atoms with E-state index in [-0.39, 0.29) is 16.7 Å². The van der Waals surface area contributed by atoms with E-state index in [1.807, 2.05) is 36.0 Å². The first kappa shape index (κ1) is 13.3. The second-order valence-electron chi connectivity index (χ2n) is 7.11. The molecule has 0 amide bonds. The Morgan fingerprint density at radius 2 is 1.80 bits per heavy atom. The first-order valence-corrected chi connectivity index (χ1v) is 7.20. The summed E-state index contributed by atoms with van der Waals surface area (Å²) in [5, 5.41) is 5.63. The molecule has 0 bridgehead atoms. The van der Waals surface area contributed by atoms with Gasteiger partial charge in [-0.15, -0.1) is 0 Å². The molecule has 1 aliphatic rings. The molecule has 1 fully saturated rings. The van der Waals surface area contributed by atoms with Gasteiger partial charge in [0.15, 0.2) is 0 Å². The SMILES string of the molecule is Cn1nc(CC(=O)C2C(C)(C)C2(C)C)c2ccccc21. The molecule has 1 saturated carbocycles. The van der Waals surface area contributed by atoms with E-state index < -0.39 is 0 Å². The number of hydrogen-bond donors (Lipinski definition) is 0. The average molecular weight is 270 g/mol. The van der Waals surface area contributed by atoms with Crippen LogP contribution < -0.4 is 0 Å². The topological polar surface area (TPSA) is 34.9 Å². The summed E-state index contributed by atoms with van der Waals surface area (Å²) >= 11 is 0. The molecule has 1 aliphatic carbocycles. The quantitative estimate of drug-likeness (QED) is 0.857. The normalized spacial score (nSPS) is 20.2. The smallest absolute Gasteiger partial charge is 0.143 e. The van der Waals surface area contributed by atoms with E-state index in [4.69, 9.17) is 0 Å². The first-order chi connectivity index (χ1) is 9.26. The number of fused-ring (bicyclic) bond motifs is 1. The van der Waals surface area contributed by atoms with Crippen molar-refractivity contribution in [3.8, 4) is 0 Å². The predicted molar refractivity (Wildman–Crippen MR) is 80.5 cm³/mol. The fourth-order valence-electron chi connectivity index (χ4n) is 3.69. The number of Topliss-reactive ketones (excluding diaryl/α,β-unsaturated/α-hetero) is 1. The molecule has 0 radical (unpaired) electrons. The van der Waals surface area contributed by atoms with E-state index in [0.29, 0.717) is 12.2 Å². The number of carbonyl (C=O) groups excluding carboxylic acids is 1. The van der Waals surface area contributed by atoms with Crippen molar-refractivity contribution >= 4 is 16.7 Å². The Morgan fingerprint density at radius 3 is 2.40 bits per heavy atom. The first-order valence-electron chi connectivity index (χ1n) is 7.20. The van der Waals surface area contributed by atoms with Gasteiger partial charge in [-0.05, 0) is 16.9 Å². The summed E-state index contributed by atoms with van der Waals surface area (Å²) in [5.74, 6) is 0.472. The summed E-state index contributed by atoms with van der Waals surface area (Å²) in [5.41, 5.74) is 2.21. The third-order valence-electron chi connectivity index (χ3n) is 5.52. The van der Waals surface area contributed by atoms with Crippen LogP contribution >= 0.6 is 0 Å². The zero-order valence-corrected chi connectivity index (χ0v) is 12.9. The van der Waals surface area contributed by atoms with Crippen molar-refractivity contribution in [2.75, 3.05) is 0 Å². The summed E-state index contributed by atoms with van der Waals surface area (Å²) in [6, 6.07) is 8.10. The number of ketones is 1. The van der Waals surface area contributed by atoms with Crippen LogP contribution in [0.25, 0.3) is 10.9 Å². The average Bonchev–Trinajstić information content (AvgIpc) is 2.63. The van der Waals surface area contributed by atoms with E-state index in [1.165, 1.54) is 0 Å². The summed E-state index contributed by atoms with van der Waals surface area (Å²) < 4.78 is 1.86. The van der Waals surface area contributed by atoms with Gasteiger partial charge < -0.3 is 0 Å². The Bertz CT molecular complexity index is 680. The third kappa shape index (κ3) is 1.65. The predicted octanol–water partition coefficient (Wildman–Crippen LogP) is 3.37. The van der Waals surface area contributed by atoms with Crippen LogP contribution in [0.5, 0.6) is 0 Å². The van der Waals surface area contributed by atoms with Crippen LogP contribution in [-0.4, -0.2) is 15.6 Å². The molecule has 3 rings (SSSR count). The number of nitrogens with zero attached hydrogens (tertiary/aromatic N) is 2. The summed E-state index contributed by atoms with van der Waals surface area (Å²) in [4.78, 5) is 12.6. The zero-order valence-electron chi connectivity index (χ0n) is 12.9. The van der Waals surface area contributed by atoms with Gasteiger partial charge in [0.1, 0.15) is 5.78 Å². The molecule has 1 heterocycles. The molecule has 106 valence electrons. The van der Waals surface area contributed by atoms with Crippen LogP contribution in [0.3, 0.4) is 0 Å². The second-order valence-corrected chi connectivity index (χ2v) is 7.11. The molecule has 0 saturated heterocycles. The number of aryl methyl sites for hydroxylation is 1.